The predicted octanol–water partition coefficient (Wildman–Crippen LogP) is 3.13. The molecule has 0 saturated carbocycles. The van der Waals surface area contributed by atoms with Crippen molar-refractivity contribution in [1.29, 1.82) is 0 Å². The molecule has 0 spiro atoms. The average molecular weight is 419 g/mol. The van der Waals surface area contributed by atoms with Crippen molar-refractivity contribution in [1.82, 2.24) is 24.0 Å². The maximum Gasteiger partial charge on any atom is 0.275 e. The van der Waals surface area contributed by atoms with Crippen molar-refractivity contribution in [3.63, 3.8) is 0 Å². The molecule has 9 heteroatoms. The summed E-state index contributed by atoms with van der Waals surface area (Å²) in [6.45, 7) is 2.59. The number of imidazole rings is 1. The van der Waals surface area contributed by atoms with Gasteiger partial charge in [-0.1, -0.05) is 24.7 Å². The van der Waals surface area contributed by atoms with Crippen LogP contribution in [0.1, 0.15) is 24.7 Å². The lowest BCUT2D eigenvalue weighted by Crippen LogP contribution is -2.15. The van der Waals surface area contributed by atoms with Crippen molar-refractivity contribution in [3.05, 3.63) is 56.8 Å². The molecule has 0 aromatic carbocycles. The number of hydrogen-bond donors (Lipinski definition) is 1. The molecule has 0 amide bonds. The Morgan fingerprint density at radius 2 is 2.12 bits per heavy atom. The van der Waals surface area contributed by atoms with Gasteiger partial charge < -0.3 is 9.72 Å². The van der Waals surface area contributed by atoms with Gasteiger partial charge >= 0.3 is 0 Å². The molecule has 25 heavy (non-hydrogen) atoms. The van der Waals surface area contributed by atoms with Crippen molar-refractivity contribution in [2.75, 3.05) is 5.32 Å². The summed E-state index contributed by atoms with van der Waals surface area (Å²) in [4.78, 5) is 21.8. The minimum atomic E-state index is -0.143. The minimum absolute atomic E-state index is 0.143. The topological polar surface area (TPSA) is 76.6 Å². The van der Waals surface area contributed by atoms with Gasteiger partial charge in [-0.05, 0) is 34.5 Å². The number of nitrogens with one attached hydrogen (secondary N) is 1. The van der Waals surface area contributed by atoms with Gasteiger partial charge in [-0.3, -0.25) is 4.79 Å². The quantitative estimate of drug-likeness (QED) is 0.538. The monoisotopic (exact) mass is 418 g/mol. The fraction of sp³-hybridized carbons (Fsp3) is 0.250. The molecule has 0 aliphatic rings. The SMILES string of the molecule is CCCc1cc(=O)n2nc(NCc3cn4cc(Br)ccc4n3)sc2n1. The van der Waals surface area contributed by atoms with Crippen molar-refractivity contribution in [2.45, 2.75) is 26.3 Å². The van der Waals surface area contributed by atoms with Gasteiger partial charge in [0.1, 0.15) is 5.65 Å². The zero-order valence-electron chi connectivity index (χ0n) is 13.4. The van der Waals surface area contributed by atoms with E-state index in [9.17, 15) is 4.79 Å². The van der Waals surface area contributed by atoms with Crippen LogP contribution in [-0.4, -0.2) is 24.0 Å². The zero-order chi connectivity index (χ0) is 17.4. The Bertz CT molecular complexity index is 1110. The molecule has 4 rings (SSSR count). The van der Waals surface area contributed by atoms with Crippen LogP contribution in [0.15, 0.2) is 39.9 Å². The highest BCUT2D eigenvalue weighted by Crippen LogP contribution is 2.18. The molecular formula is C16H15BrN6OS. The third-order valence-electron chi connectivity index (χ3n) is 3.69. The molecule has 0 atom stereocenters. The van der Waals surface area contributed by atoms with Crippen LogP contribution >= 0.6 is 27.3 Å². The largest absolute Gasteiger partial charge is 0.354 e. The molecule has 4 aromatic heterocycles. The number of nitrogens with zero attached hydrogens (tertiary/aromatic N) is 5. The number of aromatic nitrogens is 5. The normalized spacial score (nSPS) is 11.4. The van der Waals surface area contributed by atoms with E-state index in [-0.39, 0.29) is 5.56 Å². The summed E-state index contributed by atoms with van der Waals surface area (Å²) in [5.74, 6) is 0. The molecule has 4 aromatic rings. The van der Waals surface area contributed by atoms with E-state index in [4.69, 9.17) is 0 Å². The molecule has 0 saturated heterocycles. The third-order valence-corrected chi connectivity index (χ3v) is 5.03. The van der Waals surface area contributed by atoms with E-state index in [1.165, 1.54) is 15.9 Å². The molecule has 0 bridgehead atoms. The lowest BCUT2D eigenvalue weighted by atomic mass is 10.2. The van der Waals surface area contributed by atoms with Crippen LogP contribution in [0.5, 0.6) is 0 Å². The number of pyridine rings is 1. The fourth-order valence-electron chi connectivity index (χ4n) is 2.58. The second kappa shape index (κ2) is 6.57. The Morgan fingerprint density at radius 1 is 1.24 bits per heavy atom. The van der Waals surface area contributed by atoms with Crippen molar-refractivity contribution >= 4 is 43.0 Å². The highest BCUT2D eigenvalue weighted by atomic mass is 79.9. The standard InChI is InChI=1S/C16H15BrN6OS/c1-2-3-11-6-14(24)23-16(20-11)25-15(21-23)18-7-12-9-22-8-10(17)4-5-13(22)19-12/h4-6,8-9H,2-3,7H2,1H3,(H,18,21). The molecule has 0 unspecified atom stereocenters. The smallest absolute Gasteiger partial charge is 0.275 e. The van der Waals surface area contributed by atoms with E-state index < -0.39 is 0 Å². The minimum Gasteiger partial charge on any atom is -0.354 e. The van der Waals surface area contributed by atoms with Crippen LogP contribution in [0, 0.1) is 0 Å². The van der Waals surface area contributed by atoms with Crippen LogP contribution in [0.3, 0.4) is 0 Å². The van der Waals surface area contributed by atoms with Gasteiger partial charge in [0.05, 0.1) is 12.2 Å². The third kappa shape index (κ3) is 3.29. The first-order valence-electron chi connectivity index (χ1n) is 7.89. The van der Waals surface area contributed by atoms with Crippen LogP contribution in [0.25, 0.3) is 10.6 Å². The number of aryl methyl sites for hydroxylation is 1. The lowest BCUT2D eigenvalue weighted by Gasteiger charge is -1.96. The van der Waals surface area contributed by atoms with Crippen LogP contribution < -0.4 is 10.9 Å². The Hall–Kier alpha value is -2.26. The molecule has 128 valence electrons. The molecule has 0 aliphatic heterocycles. The summed E-state index contributed by atoms with van der Waals surface area (Å²) in [5.41, 5.74) is 2.44. The molecule has 4 heterocycles. The molecule has 0 radical (unpaired) electrons. The first-order valence-corrected chi connectivity index (χ1v) is 9.50. The van der Waals surface area contributed by atoms with Gasteiger partial charge in [0, 0.05) is 28.6 Å². The van der Waals surface area contributed by atoms with Gasteiger partial charge in [-0.25, -0.2) is 9.97 Å². The Balaban J connectivity index is 1.57. The summed E-state index contributed by atoms with van der Waals surface area (Å²) in [5, 5.41) is 8.18. The first-order chi connectivity index (χ1) is 12.1. The van der Waals surface area contributed by atoms with Gasteiger partial charge in [0.2, 0.25) is 10.1 Å². The Kier molecular flexibility index (Phi) is 4.26. The molecular weight excluding hydrogens is 404 g/mol. The van der Waals surface area contributed by atoms with E-state index in [2.05, 4.69) is 43.2 Å². The fourth-order valence-corrected chi connectivity index (χ4v) is 3.75. The average Bonchev–Trinajstić information content (AvgIpc) is 3.16. The number of rotatable bonds is 5. The maximum atomic E-state index is 12.1. The Morgan fingerprint density at radius 3 is 2.96 bits per heavy atom. The predicted molar refractivity (Wildman–Crippen MR) is 101 cm³/mol. The second-order valence-corrected chi connectivity index (χ2v) is 7.51. The summed E-state index contributed by atoms with van der Waals surface area (Å²) in [7, 11) is 0. The van der Waals surface area contributed by atoms with Crippen molar-refractivity contribution < 1.29 is 0 Å². The zero-order valence-corrected chi connectivity index (χ0v) is 15.8. The van der Waals surface area contributed by atoms with Crippen molar-refractivity contribution in [2.24, 2.45) is 0 Å². The summed E-state index contributed by atoms with van der Waals surface area (Å²) in [6.07, 6.45) is 5.67. The van der Waals surface area contributed by atoms with Gasteiger partial charge in [0.25, 0.3) is 5.56 Å². The first kappa shape index (κ1) is 16.2. The van der Waals surface area contributed by atoms with E-state index in [0.717, 1.165) is 34.3 Å². The van der Waals surface area contributed by atoms with Gasteiger partial charge in [-0.2, -0.15) is 4.52 Å². The van der Waals surface area contributed by atoms with Crippen LogP contribution in [0.4, 0.5) is 5.13 Å². The highest BCUT2D eigenvalue weighted by molar-refractivity contribution is 9.10. The maximum absolute atomic E-state index is 12.1. The van der Waals surface area contributed by atoms with E-state index in [1.54, 1.807) is 6.07 Å². The number of hydrogen-bond acceptors (Lipinski definition) is 6. The Labute approximate surface area is 155 Å². The molecule has 7 nitrogen and oxygen atoms in total. The lowest BCUT2D eigenvalue weighted by molar-refractivity contribution is 0.839. The van der Waals surface area contributed by atoms with Crippen molar-refractivity contribution in [3.8, 4) is 0 Å². The van der Waals surface area contributed by atoms with Crippen LogP contribution in [-0.2, 0) is 13.0 Å². The number of anilines is 1. The highest BCUT2D eigenvalue weighted by Gasteiger charge is 2.09. The van der Waals surface area contributed by atoms with E-state index in [1.807, 2.05) is 28.9 Å². The number of fused-ring (bicyclic) bond motifs is 2. The van der Waals surface area contributed by atoms with E-state index >= 15 is 0 Å². The number of halogens is 1. The second-order valence-electron chi connectivity index (χ2n) is 5.64. The van der Waals surface area contributed by atoms with Gasteiger partial charge in [-0.15, -0.1) is 5.10 Å². The summed E-state index contributed by atoms with van der Waals surface area (Å²) < 4.78 is 4.30. The molecule has 0 fully saturated rings. The molecule has 1 N–H and O–H groups in total. The van der Waals surface area contributed by atoms with Crippen LogP contribution in [0.2, 0.25) is 0 Å². The van der Waals surface area contributed by atoms with Gasteiger partial charge in [0.15, 0.2) is 0 Å². The molecule has 0 aliphatic carbocycles. The van der Waals surface area contributed by atoms with E-state index in [0.29, 0.717) is 16.6 Å². The summed E-state index contributed by atoms with van der Waals surface area (Å²) in [6, 6.07) is 5.46. The summed E-state index contributed by atoms with van der Waals surface area (Å²) >= 11 is 4.82.